The summed E-state index contributed by atoms with van der Waals surface area (Å²) in [4.78, 5) is 11.4. The average molecular weight is 385 g/mol. The molecule has 0 radical (unpaired) electrons. The van der Waals surface area contributed by atoms with Crippen molar-refractivity contribution in [3.63, 3.8) is 0 Å². The topological polar surface area (TPSA) is 63.6 Å². The van der Waals surface area contributed by atoms with Crippen LogP contribution in [-0.4, -0.2) is 19.9 Å². The number of carbonyl (C=O) groups excluding carboxylic acids is 1. The molecule has 0 unspecified atom stereocenters. The number of rotatable bonds is 2. The Kier molecular flexibility index (Phi) is 4.80. The Hall–Kier alpha value is -0.850. The van der Waals surface area contributed by atoms with Crippen LogP contribution in [0.25, 0.3) is 0 Å². The second-order valence-electron chi connectivity index (χ2n) is 3.85. The highest BCUT2D eigenvalue weighted by Crippen LogP contribution is 2.28. The van der Waals surface area contributed by atoms with E-state index >= 15 is 0 Å². The normalized spacial score (nSPS) is 18.2. The van der Waals surface area contributed by atoms with E-state index in [0.29, 0.717) is 5.02 Å². The number of ketones is 1. The molecule has 1 aromatic carbocycles. The van der Waals surface area contributed by atoms with Crippen molar-refractivity contribution in [2.45, 2.75) is 4.90 Å². The minimum absolute atomic E-state index is 0.0820. The number of carbonyl (C=O) groups is 1. The summed E-state index contributed by atoms with van der Waals surface area (Å²) in [6.45, 7) is 0. The van der Waals surface area contributed by atoms with Gasteiger partial charge in [-0.25, -0.2) is 0 Å². The zero-order valence-electron chi connectivity index (χ0n) is 9.98. The molecule has 0 fully saturated rings. The van der Waals surface area contributed by atoms with Crippen molar-refractivity contribution in [2.75, 3.05) is 0 Å². The van der Waals surface area contributed by atoms with E-state index in [-0.39, 0.29) is 25.7 Å². The minimum atomic E-state index is -4.04. The van der Waals surface area contributed by atoms with Crippen LogP contribution >= 0.6 is 46.4 Å². The number of hydrogen-bond donors (Lipinski definition) is 0. The molecule has 0 aromatic heterocycles. The summed E-state index contributed by atoms with van der Waals surface area (Å²) < 4.78 is 27.8. The molecule has 0 aliphatic heterocycles. The summed E-state index contributed by atoms with van der Waals surface area (Å²) in [7, 11) is -4.04. The van der Waals surface area contributed by atoms with Gasteiger partial charge >= 0.3 is 0 Å². The molecule has 21 heavy (non-hydrogen) atoms. The fraction of sp³-hybridized carbons (Fsp3) is 0. The van der Waals surface area contributed by atoms with Gasteiger partial charge in [-0.1, -0.05) is 46.4 Å². The van der Waals surface area contributed by atoms with Crippen molar-refractivity contribution in [3.05, 3.63) is 50.5 Å². The van der Waals surface area contributed by atoms with Gasteiger partial charge in [0.2, 0.25) is 5.78 Å². The van der Waals surface area contributed by atoms with Gasteiger partial charge in [-0.2, -0.15) is 12.8 Å². The molecule has 0 heterocycles. The van der Waals surface area contributed by atoms with Crippen LogP contribution < -0.4 is 0 Å². The molecule has 9 heteroatoms. The van der Waals surface area contributed by atoms with E-state index < -0.39 is 15.8 Å². The predicted molar refractivity (Wildman–Crippen MR) is 83.7 cm³/mol. The van der Waals surface area contributed by atoms with Crippen molar-refractivity contribution in [1.29, 1.82) is 0 Å². The Labute approximate surface area is 140 Å². The van der Waals surface area contributed by atoms with Crippen LogP contribution in [0.15, 0.2) is 54.7 Å². The summed E-state index contributed by atoms with van der Waals surface area (Å²) >= 11 is 22.9. The molecular formula is C12H5Cl4NO3S. The number of allylic oxidation sites excluding steroid dienone is 4. The predicted octanol–water partition coefficient (Wildman–Crippen LogP) is 3.86. The maximum absolute atomic E-state index is 12.1. The van der Waals surface area contributed by atoms with Crippen LogP contribution in [0.5, 0.6) is 0 Å². The summed E-state index contributed by atoms with van der Waals surface area (Å²) in [5.74, 6) is -0.689. The highest BCUT2D eigenvalue weighted by atomic mass is 35.5. The van der Waals surface area contributed by atoms with Crippen molar-refractivity contribution >= 4 is 67.9 Å². The Morgan fingerprint density at radius 2 is 1.48 bits per heavy atom. The van der Waals surface area contributed by atoms with Crippen molar-refractivity contribution < 1.29 is 13.2 Å². The minimum Gasteiger partial charge on any atom is -0.287 e. The van der Waals surface area contributed by atoms with E-state index in [1.807, 2.05) is 0 Å². The molecule has 0 saturated heterocycles. The third-order valence-electron chi connectivity index (χ3n) is 2.43. The van der Waals surface area contributed by atoms with Crippen LogP contribution in [0.2, 0.25) is 5.02 Å². The molecular weight excluding hydrogens is 380 g/mol. The smallest absolute Gasteiger partial charge is 0.282 e. The highest BCUT2D eigenvalue weighted by molar-refractivity contribution is 7.90. The first-order chi connectivity index (χ1) is 9.72. The summed E-state index contributed by atoms with van der Waals surface area (Å²) in [5, 5.41) is -0.541. The van der Waals surface area contributed by atoms with E-state index in [1.54, 1.807) is 0 Å². The third-order valence-corrected chi connectivity index (χ3v) is 5.10. The zero-order chi connectivity index (χ0) is 15.8. The van der Waals surface area contributed by atoms with Crippen LogP contribution in [0.3, 0.4) is 0 Å². The molecule has 1 aliphatic rings. The van der Waals surface area contributed by atoms with Crippen LogP contribution in [0.1, 0.15) is 0 Å². The summed E-state index contributed by atoms with van der Waals surface area (Å²) in [6.07, 6.45) is 1.05. The van der Waals surface area contributed by atoms with Gasteiger partial charge in [-0.15, -0.1) is 0 Å². The standard InChI is InChI=1S/C12H5Cl4NO3S/c13-6-1-3-7(4-2-6)21(19,20)17-9-5-8(14)12(18)11(16)10(9)15/h1-5H. The van der Waals surface area contributed by atoms with Gasteiger partial charge in [0.05, 0.1) is 20.7 Å². The molecule has 0 bridgehead atoms. The number of sulfonamides is 1. The molecule has 4 nitrogen and oxygen atoms in total. The van der Waals surface area contributed by atoms with Gasteiger partial charge in [0, 0.05) is 5.02 Å². The molecule has 1 aromatic rings. The average Bonchev–Trinajstić information content (AvgIpc) is 2.42. The Balaban J connectivity index is 2.52. The van der Waals surface area contributed by atoms with E-state index in [1.165, 1.54) is 24.3 Å². The first kappa shape index (κ1) is 16.5. The van der Waals surface area contributed by atoms with Crippen molar-refractivity contribution in [1.82, 2.24) is 0 Å². The maximum Gasteiger partial charge on any atom is 0.282 e. The molecule has 110 valence electrons. The molecule has 0 spiro atoms. The van der Waals surface area contributed by atoms with E-state index in [0.717, 1.165) is 6.08 Å². The summed E-state index contributed by atoms with van der Waals surface area (Å²) in [5.41, 5.74) is -0.207. The van der Waals surface area contributed by atoms with E-state index in [4.69, 9.17) is 46.4 Å². The lowest BCUT2D eigenvalue weighted by Gasteiger charge is -2.10. The lowest BCUT2D eigenvalue weighted by atomic mass is 10.1. The second kappa shape index (κ2) is 6.10. The number of nitrogens with zero attached hydrogens (tertiary/aromatic N) is 1. The molecule has 1 aliphatic carbocycles. The largest absolute Gasteiger partial charge is 0.287 e. The van der Waals surface area contributed by atoms with Crippen LogP contribution in [-0.2, 0) is 14.8 Å². The summed E-state index contributed by atoms with van der Waals surface area (Å²) in [6, 6.07) is 5.40. The van der Waals surface area contributed by atoms with Crippen LogP contribution in [0.4, 0.5) is 0 Å². The number of halogens is 4. The SMILES string of the molecule is O=C1C(Cl)=CC(=NS(=O)(=O)c2ccc(Cl)cc2)C(Cl)=C1Cl. The number of hydrogen-bond acceptors (Lipinski definition) is 3. The van der Waals surface area contributed by atoms with Crippen molar-refractivity contribution in [2.24, 2.45) is 4.40 Å². The first-order valence-electron chi connectivity index (χ1n) is 5.30. The monoisotopic (exact) mass is 383 g/mol. The lowest BCUT2D eigenvalue weighted by Crippen LogP contribution is -2.13. The van der Waals surface area contributed by atoms with Gasteiger partial charge in [0.15, 0.2) is 0 Å². The van der Waals surface area contributed by atoms with Gasteiger partial charge in [-0.3, -0.25) is 4.79 Å². The molecule has 0 atom stereocenters. The Bertz CT molecular complexity index is 807. The van der Waals surface area contributed by atoms with E-state index in [9.17, 15) is 13.2 Å². The van der Waals surface area contributed by atoms with E-state index in [2.05, 4.69) is 4.40 Å². The Morgan fingerprint density at radius 3 is 2.05 bits per heavy atom. The van der Waals surface area contributed by atoms with Gasteiger partial charge < -0.3 is 0 Å². The molecule has 0 saturated carbocycles. The van der Waals surface area contributed by atoms with Gasteiger partial charge in [0.25, 0.3) is 10.0 Å². The molecule has 0 amide bonds. The van der Waals surface area contributed by atoms with Crippen LogP contribution in [0, 0.1) is 0 Å². The fourth-order valence-electron chi connectivity index (χ4n) is 1.42. The second-order valence-corrected chi connectivity index (χ2v) is 7.06. The third kappa shape index (κ3) is 3.49. The Morgan fingerprint density at radius 1 is 0.905 bits per heavy atom. The maximum atomic E-state index is 12.1. The highest BCUT2D eigenvalue weighted by Gasteiger charge is 2.26. The lowest BCUT2D eigenvalue weighted by molar-refractivity contribution is -0.111. The number of benzene rings is 1. The molecule has 0 N–H and O–H groups in total. The molecule has 2 rings (SSSR count). The zero-order valence-corrected chi connectivity index (χ0v) is 13.8. The fourth-order valence-corrected chi connectivity index (χ4v) is 3.21. The van der Waals surface area contributed by atoms with Gasteiger partial charge in [0.1, 0.15) is 5.03 Å². The number of Topliss-reactive ketones (excluding diaryl/α,β-unsaturated/α-hetero) is 1. The van der Waals surface area contributed by atoms with Crippen molar-refractivity contribution in [3.8, 4) is 0 Å². The first-order valence-corrected chi connectivity index (χ1v) is 8.25. The quantitative estimate of drug-likeness (QED) is 0.727. The van der Waals surface area contributed by atoms with Gasteiger partial charge in [-0.05, 0) is 30.3 Å².